The number of nitrogens with one attached hydrogen (secondary N) is 2. The van der Waals surface area contributed by atoms with Gasteiger partial charge in [-0.3, -0.25) is 9.59 Å². The van der Waals surface area contributed by atoms with Crippen LogP contribution in [0.15, 0.2) is 60.7 Å². The number of fused-ring (bicyclic) bond motifs is 2. The second-order valence-electron chi connectivity index (χ2n) is 7.01. The molecule has 5 nitrogen and oxygen atoms in total. The van der Waals surface area contributed by atoms with Crippen molar-refractivity contribution in [1.82, 2.24) is 0 Å². The Morgan fingerprint density at radius 3 is 2.09 bits per heavy atom. The first-order valence-electron chi connectivity index (χ1n) is 9.25. The molecule has 3 aromatic rings. The van der Waals surface area contributed by atoms with Crippen molar-refractivity contribution in [3.05, 3.63) is 82.9 Å². The fraction of sp³-hybridized carbons (Fsp3) is 0.0909. The number of carbonyl (C=O) groups excluding carboxylic acids is 2. The standard InChI is InChI=1S/C22H12F6N2O3/c23-21(24,25)12-7-11(8-13(9-12)22(26,27)28)19(31)29-14-5-6-17-15(10-14)20(32)30-16-3-1-2-4-18(16)33-17/h1-10H,(H,29,31)(H,30,32). The van der Waals surface area contributed by atoms with E-state index < -0.39 is 40.9 Å². The van der Waals surface area contributed by atoms with Crippen molar-refractivity contribution in [2.24, 2.45) is 0 Å². The van der Waals surface area contributed by atoms with Gasteiger partial charge in [-0.2, -0.15) is 26.3 Å². The summed E-state index contributed by atoms with van der Waals surface area (Å²) in [5, 5.41) is 4.83. The summed E-state index contributed by atoms with van der Waals surface area (Å²) in [6.07, 6.45) is -10.2. The smallest absolute Gasteiger partial charge is 0.416 e. The minimum absolute atomic E-state index is 0.00372. The SMILES string of the molecule is O=C(Nc1ccc2c(c1)C(=O)Nc1ccccc1O2)c1cc(C(F)(F)F)cc(C(F)(F)F)c1. The summed E-state index contributed by atoms with van der Waals surface area (Å²) >= 11 is 0. The molecule has 2 amide bonds. The van der Waals surface area contributed by atoms with Crippen LogP contribution >= 0.6 is 0 Å². The Balaban J connectivity index is 1.65. The van der Waals surface area contributed by atoms with E-state index in [1.807, 2.05) is 0 Å². The number of halogens is 6. The van der Waals surface area contributed by atoms with Crippen LogP contribution in [0.2, 0.25) is 0 Å². The second-order valence-corrected chi connectivity index (χ2v) is 7.01. The van der Waals surface area contributed by atoms with Gasteiger partial charge in [-0.05, 0) is 48.5 Å². The molecule has 0 unspecified atom stereocenters. The van der Waals surface area contributed by atoms with Crippen molar-refractivity contribution in [3.63, 3.8) is 0 Å². The van der Waals surface area contributed by atoms with Crippen LogP contribution in [-0.4, -0.2) is 11.8 Å². The predicted octanol–water partition coefficient (Wildman–Crippen LogP) is 6.33. The molecular weight excluding hydrogens is 454 g/mol. The molecule has 11 heteroatoms. The third-order valence-electron chi connectivity index (χ3n) is 4.69. The Morgan fingerprint density at radius 2 is 1.45 bits per heavy atom. The van der Waals surface area contributed by atoms with E-state index in [0.717, 1.165) is 0 Å². The van der Waals surface area contributed by atoms with Crippen LogP contribution in [0.5, 0.6) is 11.5 Å². The van der Waals surface area contributed by atoms with E-state index in [9.17, 15) is 35.9 Å². The van der Waals surface area contributed by atoms with E-state index in [0.29, 0.717) is 23.6 Å². The molecule has 0 fully saturated rings. The highest BCUT2D eigenvalue weighted by molar-refractivity contribution is 6.10. The van der Waals surface area contributed by atoms with Crippen molar-refractivity contribution >= 4 is 23.2 Å². The first kappa shape index (κ1) is 22.2. The predicted molar refractivity (Wildman–Crippen MR) is 105 cm³/mol. The van der Waals surface area contributed by atoms with Gasteiger partial charge in [-0.25, -0.2) is 0 Å². The molecule has 0 radical (unpaired) electrons. The lowest BCUT2D eigenvalue weighted by molar-refractivity contribution is -0.143. The molecule has 170 valence electrons. The molecule has 3 aromatic carbocycles. The normalized spacial score (nSPS) is 13.2. The molecule has 0 saturated carbocycles. The topological polar surface area (TPSA) is 67.4 Å². The lowest BCUT2D eigenvalue weighted by Crippen LogP contribution is -2.17. The summed E-state index contributed by atoms with van der Waals surface area (Å²) in [6.45, 7) is 0. The summed E-state index contributed by atoms with van der Waals surface area (Å²) in [6, 6.07) is 11.0. The zero-order chi connectivity index (χ0) is 24.0. The monoisotopic (exact) mass is 466 g/mol. The first-order chi connectivity index (χ1) is 15.4. The third-order valence-corrected chi connectivity index (χ3v) is 4.69. The Hall–Kier alpha value is -4.02. The van der Waals surface area contributed by atoms with Gasteiger partial charge in [-0.1, -0.05) is 12.1 Å². The molecule has 1 aliphatic heterocycles. The molecule has 0 spiro atoms. The molecule has 0 aromatic heterocycles. The molecule has 1 heterocycles. The van der Waals surface area contributed by atoms with E-state index in [2.05, 4.69) is 10.6 Å². The van der Waals surface area contributed by atoms with E-state index in [-0.39, 0.29) is 23.1 Å². The lowest BCUT2D eigenvalue weighted by Gasteiger charge is -2.14. The van der Waals surface area contributed by atoms with E-state index in [1.165, 1.54) is 18.2 Å². The van der Waals surface area contributed by atoms with Crippen LogP contribution < -0.4 is 15.4 Å². The largest absolute Gasteiger partial charge is 0.454 e. The molecule has 0 aliphatic carbocycles. The van der Waals surface area contributed by atoms with Crippen LogP contribution in [0.25, 0.3) is 0 Å². The summed E-state index contributed by atoms with van der Waals surface area (Å²) < 4.78 is 84.0. The molecule has 4 rings (SSSR count). The van der Waals surface area contributed by atoms with Gasteiger partial charge in [0.05, 0.1) is 22.4 Å². The number of hydrogen-bond donors (Lipinski definition) is 2. The Labute approximate surface area is 182 Å². The first-order valence-corrected chi connectivity index (χ1v) is 9.25. The molecular formula is C22H12F6N2O3. The lowest BCUT2D eigenvalue weighted by atomic mass is 10.0. The van der Waals surface area contributed by atoms with Gasteiger partial charge in [-0.15, -0.1) is 0 Å². The highest BCUT2D eigenvalue weighted by Gasteiger charge is 2.37. The summed E-state index contributed by atoms with van der Waals surface area (Å²) in [7, 11) is 0. The average Bonchev–Trinajstić information content (AvgIpc) is 2.88. The number of para-hydroxylation sites is 2. The van der Waals surface area contributed by atoms with Crippen LogP contribution in [-0.2, 0) is 12.4 Å². The maximum atomic E-state index is 13.1. The third kappa shape index (κ3) is 4.61. The summed E-state index contributed by atoms with van der Waals surface area (Å²) in [5.41, 5.74) is -3.71. The van der Waals surface area contributed by atoms with Crippen molar-refractivity contribution in [2.45, 2.75) is 12.4 Å². The van der Waals surface area contributed by atoms with E-state index >= 15 is 0 Å². The van der Waals surface area contributed by atoms with Crippen molar-refractivity contribution in [1.29, 1.82) is 0 Å². The molecule has 0 bridgehead atoms. The number of benzene rings is 3. The maximum Gasteiger partial charge on any atom is 0.416 e. The quantitative estimate of drug-likeness (QED) is 0.434. The van der Waals surface area contributed by atoms with Crippen LogP contribution in [0.1, 0.15) is 31.8 Å². The van der Waals surface area contributed by atoms with E-state index in [1.54, 1.807) is 24.3 Å². The number of carbonyl (C=O) groups is 2. The van der Waals surface area contributed by atoms with Crippen molar-refractivity contribution < 1.29 is 40.7 Å². The minimum Gasteiger partial charge on any atom is -0.454 e. The Kier molecular flexibility index (Phi) is 5.27. The fourth-order valence-corrected chi connectivity index (χ4v) is 3.13. The number of rotatable bonds is 2. The van der Waals surface area contributed by atoms with Crippen molar-refractivity contribution in [2.75, 3.05) is 10.6 Å². The van der Waals surface area contributed by atoms with Gasteiger partial charge >= 0.3 is 12.4 Å². The average molecular weight is 466 g/mol. The highest BCUT2D eigenvalue weighted by atomic mass is 19.4. The van der Waals surface area contributed by atoms with Crippen LogP contribution in [0, 0.1) is 0 Å². The number of alkyl halides is 6. The highest BCUT2D eigenvalue weighted by Crippen LogP contribution is 2.38. The zero-order valence-electron chi connectivity index (χ0n) is 16.3. The Bertz CT molecular complexity index is 1240. The summed E-state index contributed by atoms with van der Waals surface area (Å²) in [5.74, 6) is -1.28. The number of hydrogen-bond acceptors (Lipinski definition) is 3. The molecule has 0 atom stereocenters. The molecule has 0 saturated heterocycles. The van der Waals surface area contributed by atoms with Crippen LogP contribution in [0.3, 0.4) is 0 Å². The van der Waals surface area contributed by atoms with E-state index in [4.69, 9.17) is 4.74 Å². The van der Waals surface area contributed by atoms with Gasteiger partial charge in [0, 0.05) is 11.3 Å². The van der Waals surface area contributed by atoms with Gasteiger partial charge in [0.15, 0.2) is 5.75 Å². The fourth-order valence-electron chi connectivity index (χ4n) is 3.13. The number of anilines is 2. The summed E-state index contributed by atoms with van der Waals surface area (Å²) in [4.78, 5) is 25.0. The molecule has 33 heavy (non-hydrogen) atoms. The van der Waals surface area contributed by atoms with Crippen molar-refractivity contribution in [3.8, 4) is 11.5 Å². The maximum absolute atomic E-state index is 13.1. The second kappa shape index (κ2) is 7.84. The zero-order valence-corrected chi connectivity index (χ0v) is 16.3. The van der Waals surface area contributed by atoms with Crippen LogP contribution in [0.4, 0.5) is 37.7 Å². The van der Waals surface area contributed by atoms with Gasteiger partial charge < -0.3 is 15.4 Å². The number of amides is 2. The minimum atomic E-state index is -5.09. The van der Waals surface area contributed by atoms with Gasteiger partial charge in [0.1, 0.15) is 5.75 Å². The molecule has 2 N–H and O–H groups in total. The Morgan fingerprint density at radius 1 is 0.818 bits per heavy atom. The van der Waals surface area contributed by atoms with Gasteiger partial charge in [0.25, 0.3) is 11.8 Å². The van der Waals surface area contributed by atoms with Gasteiger partial charge in [0.2, 0.25) is 0 Å². The number of ether oxygens (including phenoxy) is 1. The molecule has 1 aliphatic rings.